The molecule has 0 spiro atoms. The minimum absolute atomic E-state index is 0.312. The molecule has 0 bridgehead atoms. The van der Waals surface area contributed by atoms with E-state index in [1.807, 2.05) is 19.2 Å². The van der Waals surface area contributed by atoms with Crippen molar-refractivity contribution in [1.29, 1.82) is 0 Å². The van der Waals surface area contributed by atoms with Gasteiger partial charge in [-0.3, -0.25) is 0 Å². The summed E-state index contributed by atoms with van der Waals surface area (Å²) in [6.45, 7) is 0.920. The van der Waals surface area contributed by atoms with Crippen molar-refractivity contribution in [2.75, 3.05) is 20.8 Å². The van der Waals surface area contributed by atoms with Crippen molar-refractivity contribution in [3.05, 3.63) is 28.8 Å². The Labute approximate surface area is 126 Å². The standard InChI is InChI=1S/C16H24ClNO2/c1-18-15(9-7-13-5-3-4-10-20-13)12-6-8-14(17)16(11-12)19-2/h6,8,11,13,15,18H,3-5,7,9-10H2,1-2H3. The average Bonchev–Trinajstić information content (AvgIpc) is 2.50. The van der Waals surface area contributed by atoms with Crippen LogP contribution in [0, 0.1) is 0 Å². The Morgan fingerprint density at radius 2 is 2.30 bits per heavy atom. The maximum atomic E-state index is 6.08. The van der Waals surface area contributed by atoms with E-state index in [-0.39, 0.29) is 0 Å². The first-order valence-electron chi connectivity index (χ1n) is 7.37. The zero-order valence-electron chi connectivity index (χ0n) is 12.3. The van der Waals surface area contributed by atoms with E-state index in [9.17, 15) is 0 Å². The molecule has 2 rings (SSSR count). The summed E-state index contributed by atoms with van der Waals surface area (Å²) in [5.41, 5.74) is 1.21. The summed E-state index contributed by atoms with van der Waals surface area (Å²) in [7, 11) is 3.64. The summed E-state index contributed by atoms with van der Waals surface area (Å²) < 4.78 is 11.1. The Morgan fingerprint density at radius 1 is 1.45 bits per heavy atom. The predicted molar refractivity (Wildman–Crippen MR) is 82.6 cm³/mol. The van der Waals surface area contributed by atoms with Gasteiger partial charge in [0.2, 0.25) is 0 Å². The molecule has 0 aliphatic carbocycles. The van der Waals surface area contributed by atoms with Crippen molar-refractivity contribution in [3.8, 4) is 5.75 Å². The Bertz CT molecular complexity index is 419. The Balaban J connectivity index is 1.96. The van der Waals surface area contributed by atoms with Gasteiger partial charge in [0.05, 0.1) is 18.2 Å². The lowest BCUT2D eigenvalue weighted by Crippen LogP contribution is -2.23. The molecule has 0 aromatic heterocycles. The van der Waals surface area contributed by atoms with Gasteiger partial charge in [-0.1, -0.05) is 17.7 Å². The lowest BCUT2D eigenvalue weighted by atomic mass is 9.97. The fourth-order valence-corrected chi connectivity index (χ4v) is 2.95. The van der Waals surface area contributed by atoms with Gasteiger partial charge in [-0.05, 0) is 56.8 Å². The molecule has 1 heterocycles. The third-order valence-electron chi connectivity index (χ3n) is 3.98. The topological polar surface area (TPSA) is 30.5 Å². The highest BCUT2D eigenvalue weighted by Gasteiger charge is 2.17. The molecule has 1 fully saturated rings. The second-order valence-electron chi connectivity index (χ2n) is 5.30. The first-order chi connectivity index (χ1) is 9.74. The Hall–Kier alpha value is -0.770. The van der Waals surface area contributed by atoms with E-state index in [1.165, 1.54) is 24.8 Å². The van der Waals surface area contributed by atoms with Gasteiger partial charge < -0.3 is 14.8 Å². The van der Waals surface area contributed by atoms with Crippen molar-refractivity contribution in [3.63, 3.8) is 0 Å². The van der Waals surface area contributed by atoms with Crippen LogP contribution in [0.2, 0.25) is 5.02 Å². The van der Waals surface area contributed by atoms with E-state index in [1.54, 1.807) is 7.11 Å². The van der Waals surface area contributed by atoms with E-state index < -0.39 is 0 Å². The summed E-state index contributed by atoms with van der Waals surface area (Å²) in [6.07, 6.45) is 6.28. The van der Waals surface area contributed by atoms with Crippen molar-refractivity contribution in [1.82, 2.24) is 5.32 Å². The van der Waals surface area contributed by atoms with Gasteiger partial charge in [-0.15, -0.1) is 0 Å². The van der Waals surface area contributed by atoms with Gasteiger partial charge in [-0.25, -0.2) is 0 Å². The smallest absolute Gasteiger partial charge is 0.137 e. The van der Waals surface area contributed by atoms with Crippen LogP contribution in [-0.2, 0) is 4.74 Å². The molecule has 112 valence electrons. The van der Waals surface area contributed by atoms with Crippen LogP contribution in [0.5, 0.6) is 5.75 Å². The molecule has 1 aromatic rings. The monoisotopic (exact) mass is 297 g/mol. The zero-order chi connectivity index (χ0) is 14.4. The quantitative estimate of drug-likeness (QED) is 0.862. The Kier molecular flexibility index (Phi) is 6.14. The fraction of sp³-hybridized carbons (Fsp3) is 0.625. The van der Waals surface area contributed by atoms with Gasteiger partial charge in [0.15, 0.2) is 0 Å². The zero-order valence-corrected chi connectivity index (χ0v) is 13.1. The van der Waals surface area contributed by atoms with Gasteiger partial charge >= 0.3 is 0 Å². The minimum Gasteiger partial charge on any atom is -0.495 e. The summed E-state index contributed by atoms with van der Waals surface area (Å²) in [5.74, 6) is 0.735. The molecular formula is C16H24ClNO2. The number of nitrogens with one attached hydrogen (secondary N) is 1. The highest BCUT2D eigenvalue weighted by atomic mass is 35.5. The number of halogens is 1. The minimum atomic E-state index is 0.312. The number of benzene rings is 1. The molecule has 3 nitrogen and oxygen atoms in total. The highest BCUT2D eigenvalue weighted by Crippen LogP contribution is 2.30. The number of ether oxygens (including phenoxy) is 2. The summed E-state index contributed by atoms with van der Waals surface area (Å²) >= 11 is 6.08. The molecule has 1 aromatic carbocycles. The number of rotatable bonds is 6. The molecular weight excluding hydrogens is 274 g/mol. The highest BCUT2D eigenvalue weighted by molar-refractivity contribution is 6.32. The molecule has 1 saturated heterocycles. The first kappa shape index (κ1) is 15.6. The lowest BCUT2D eigenvalue weighted by molar-refractivity contribution is 0.00866. The van der Waals surface area contributed by atoms with Gasteiger partial charge in [0.1, 0.15) is 5.75 Å². The first-order valence-corrected chi connectivity index (χ1v) is 7.74. The van der Waals surface area contributed by atoms with E-state index in [2.05, 4.69) is 11.4 Å². The number of methoxy groups -OCH3 is 1. The van der Waals surface area contributed by atoms with E-state index in [4.69, 9.17) is 21.1 Å². The molecule has 0 saturated carbocycles. The second-order valence-corrected chi connectivity index (χ2v) is 5.71. The van der Waals surface area contributed by atoms with E-state index in [0.717, 1.165) is 25.2 Å². The van der Waals surface area contributed by atoms with Crippen molar-refractivity contribution in [2.24, 2.45) is 0 Å². The summed E-state index contributed by atoms with van der Waals surface area (Å²) in [5, 5.41) is 4.03. The molecule has 2 unspecified atom stereocenters. The van der Waals surface area contributed by atoms with Crippen molar-refractivity contribution < 1.29 is 9.47 Å². The van der Waals surface area contributed by atoms with Crippen LogP contribution in [0.25, 0.3) is 0 Å². The van der Waals surface area contributed by atoms with Crippen molar-refractivity contribution in [2.45, 2.75) is 44.2 Å². The van der Waals surface area contributed by atoms with Crippen LogP contribution < -0.4 is 10.1 Å². The fourth-order valence-electron chi connectivity index (χ4n) is 2.76. The van der Waals surface area contributed by atoms with Crippen LogP contribution in [0.15, 0.2) is 18.2 Å². The van der Waals surface area contributed by atoms with Gasteiger partial charge in [0, 0.05) is 12.6 Å². The number of hydrogen-bond donors (Lipinski definition) is 1. The van der Waals surface area contributed by atoms with Crippen LogP contribution >= 0.6 is 11.6 Å². The maximum Gasteiger partial charge on any atom is 0.137 e. The van der Waals surface area contributed by atoms with Crippen molar-refractivity contribution >= 4 is 11.6 Å². The van der Waals surface area contributed by atoms with Crippen LogP contribution in [0.1, 0.15) is 43.7 Å². The van der Waals surface area contributed by atoms with Gasteiger partial charge in [-0.2, -0.15) is 0 Å². The lowest BCUT2D eigenvalue weighted by Gasteiger charge is -2.25. The summed E-state index contributed by atoms with van der Waals surface area (Å²) in [4.78, 5) is 0. The molecule has 2 atom stereocenters. The average molecular weight is 298 g/mol. The molecule has 1 aliphatic rings. The molecule has 1 aliphatic heterocycles. The third kappa shape index (κ3) is 4.11. The molecule has 20 heavy (non-hydrogen) atoms. The Morgan fingerprint density at radius 3 is 2.95 bits per heavy atom. The second kappa shape index (κ2) is 7.87. The SMILES string of the molecule is CNC(CCC1CCCCO1)c1ccc(Cl)c(OC)c1. The largest absolute Gasteiger partial charge is 0.495 e. The van der Waals surface area contributed by atoms with E-state index >= 15 is 0 Å². The van der Waals surface area contributed by atoms with Crippen LogP contribution in [-0.4, -0.2) is 26.9 Å². The van der Waals surface area contributed by atoms with E-state index in [0.29, 0.717) is 17.2 Å². The molecule has 4 heteroatoms. The maximum absolute atomic E-state index is 6.08. The van der Waals surface area contributed by atoms with Gasteiger partial charge in [0.25, 0.3) is 0 Å². The predicted octanol–water partition coefficient (Wildman–Crippen LogP) is 3.96. The third-order valence-corrected chi connectivity index (χ3v) is 4.29. The van der Waals surface area contributed by atoms with Crippen LogP contribution in [0.4, 0.5) is 0 Å². The molecule has 0 radical (unpaired) electrons. The number of hydrogen-bond acceptors (Lipinski definition) is 3. The molecule has 0 amide bonds. The molecule has 1 N–H and O–H groups in total. The van der Waals surface area contributed by atoms with Crippen LogP contribution in [0.3, 0.4) is 0 Å². The normalized spacial score (nSPS) is 20.6. The summed E-state index contributed by atoms with van der Waals surface area (Å²) in [6, 6.07) is 6.29.